The van der Waals surface area contributed by atoms with Gasteiger partial charge in [-0.2, -0.15) is 0 Å². The standard InChI is InChI=1S/C11H17NO3S/c1-11(2,12)7-8-9(13)5-4-6-10(8)16(3,14)15/h4-6,13H,7,12H2,1-3H3. The van der Waals surface area contributed by atoms with Crippen molar-refractivity contribution in [2.75, 3.05) is 6.26 Å². The maximum Gasteiger partial charge on any atom is 0.175 e. The summed E-state index contributed by atoms with van der Waals surface area (Å²) in [4.78, 5) is 0.144. The summed E-state index contributed by atoms with van der Waals surface area (Å²) in [6.45, 7) is 3.57. The van der Waals surface area contributed by atoms with Gasteiger partial charge in [-0.3, -0.25) is 0 Å². The van der Waals surface area contributed by atoms with Gasteiger partial charge in [0.15, 0.2) is 9.84 Å². The topological polar surface area (TPSA) is 80.4 Å². The molecule has 0 bridgehead atoms. The van der Waals surface area contributed by atoms with E-state index in [-0.39, 0.29) is 10.6 Å². The van der Waals surface area contributed by atoms with Crippen molar-refractivity contribution >= 4 is 9.84 Å². The Balaban J connectivity index is 3.36. The van der Waals surface area contributed by atoms with Crippen molar-refractivity contribution in [1.29, 1.82) is 0 Å². The number of benzene rings is 1. The van der Waals surface area contributed by atoms with Crippen molar-refractivity contribution in [1.82, 2.24) is 0 Å². The van der Waals surface area contributed by atoms with Crippen LogP contribution in [0.1, 0.15) is 19.4 Å². The van der Waals surface area contributed by atoms with E-state index in [0.29, 0.717) is 12.0 Å². The monoisotopic (exact) mass is 243 g/mol. The average Bonchev–Trinajstić information content (AvgIpc) is 2.04. The maximum atomic E-state index is 11.5. The van der Waals surface area contributed by atoms with Crippen LogP contribution in [0.3, 0.4) is 0 Å². The fourth-order valence-corrected chi connectivity index (χ4v) is 2.48. The quantitative estimate of drug-likeness (QED) is 0.832. The zero-order valence-electron chi connectivity index (χ0n) is 9.69. The summed E-state index contributed by atoms with van der Waals surface area (Å²) < 4.78 is 23.1. The molecular weight excluding hydrogens is 226 g/mol. The Morgan fingerprint density at radius 3 is 2.38 bits per heavy atom. The lowest BCUT2D eigenvalue weighted by atomic mass is 9.95. The minimum atomic E-state index is -3.34. The number of hydrogen-bond donors (Lipinski definition) is 2. The van der Waals surface area contributed by atoms with E-state index in [4.69, 9.17) is 5.73 Å². The summed E-state index contributed by atoms with van der Waals surface area (Å²) in [6, 6.07) is 4.46. The minimum Gasteiger partial charge on any atom is -0.508 e. The Morgan fingerprint density at radius 1 is 1.38 bits per heavy atom. The molecule has 90 valence electrons. The number of rotatable bonds is 3. The van der Waals surface area contributed by atoms with Gasteiger partial charge in [0.05, 0.1) is 4.90 Å². The van der Waals surface area contributed by atoms with Crippen LogP contribution in [-0.2, 0) is 16.3 Å². The lowest BCUT2D eigenvalue weighted by Gasteiger charge is -2.20. The van der Waals surface area contributed by atoms with Crippen LogP contribution in [0.4, 0.5) is 0 Å². The van der Waals surface area contributed by atoms with Gasteiger partial charge in [-0.05, 0) is 32.4 Å². The number of phenols is 1. The molecule has 0 aromatic heterocycles. The molecular formula is C11H17NO3S. The molecule has 16 heavy (non-hydrogen) atoms. The molecule has 0 heterocycles. The molecule has 0 amide bonds. The van der Waals surface area contributed by atoms with Crippen LogP contribution >= 0.6 is 0 Å². The molecule has 0 fully saturated rings. The van der Waals surface area contributed by atoms with Crippen LogP contribution in [0.15, 0.2) is 23.1 Å². The van der Waals surface area contributed by atoms with E-state index < -0.39 is 15.4 Å². The first-order valence-corrected chi connectivity index (χ1v) is 6.80. The van der Waals surface area contributed by atoms with Crippen LogP contribution in [-0.4, -0.2) is 25.3 Å². The van der Waals surface area contributed by atoms with Gasteiger partial charge in [0.2, 0.25) is 0 Å². The third-order valence-electron chi connectivity index (χ3n) is 2.14. The summed E-state index contributed by atoms with van der Waals surface area (Å²) in [6.07, 6.45) is 1.43. The highest BCUT2D eigenvalue weighted by atomic mass is 32.2. The lowest BCUT2D eigenvalue weighted by molar-refractivity contribution is 0.445. The molecule has 5 heteroatoms. The molecule has 0 aliphatic rings. The predicted molar refractivity (Wildman–Crippen MR) is 63.2 cm³/mol. The second-order valence-electron chi connectivity index (χ2n) is 4.69. The van der Waals surface area contributed by atoms with Gasteiger partial charge in [0.25, 0.3) is 0 Å². The van der Waals surface area contributed by atoms with Crippen LogP contribution in [0.25, 0.3) is 0 Å². The zero-order chi connectivity index (χ0) is 12.6. The molecule has 0 radical (unpaired) electrons. The number of hydrogen-bond acceptors (Lipinski definition) is 4. The van der Waals surface area contributed by atoms with Crippen molar-refractivity contribution < 1.29 is 13.5 Å². The van der Waals surface area contributed by atoms with Crippen LogP contribution < -0.4 is 5.73 Å². The molecule has 1 aromatic carbocycles. The Morgan fingerprint density at radius 2 is 1.94 bits per heavy atom. The van der Waals surface area contributed by atoms with Crippen molar-refractivity contribution in [3.05, 3.63) is 23.8 Å². The molecule has 0 unspecified atom stereocenters. The molecule has 1 rings (SSSR count). The van der Waals surface area contributed by atoms with E-state index in [0.717, 1.165) is 6.26 Å². The van der Waals surface area contributed by atoms with Crippen LogP contribution in [0.5, 0.6) is 5.75 Å². The van der Waals surface area contributed by atoms with Gasteiger partial charge in [-0.25, -0.2) is 8.42 Å². The van der Waals surface area contributed by atoms with Crippen LogP contribution in [0, 0.1) is 0 Å². The highest BCUT2D eigenvalue weighted by Crippen LogP contribution is 2.27. The van der Waals surface area contributed by atoms with Gasteiger partial charge in [-0.15, -0.1) is 0 Å². The van der Waals surface area contributed by atoms with E-state index in [1.807, 2.05) is 0 Å². The summed E-state index contributed by atoms with van der Waals surface area (Å²) in [7, 11) is -3.34. The number of phenolic OH excluding ortho intramolecular Hbond substituents is 1. The van der Waals surface area contributed by atoms with Gasteiger partial charge in [0.1, 0.15) is 5.75 Å². The van der Waals surface area contributed by atoms with Gasteiger partial charge in [-0.1, -0.05) is 6.07 Å². The molecule has 4 nitrogen and oxygen atoms in total. The molecule has 3 N–H and O–H groups in total. The summed E-state index contributed by atoms with van der Waals surface area (Å²) in [5, 5.41) is 9.70. The van der Waals surface area contributed by atoms with Gasteiger partial charge >= 0.3 is 0 Å². The van der Waals surface area contributed by atoms with Crippen molar-refractivity contribution in [2.24, 2.45) is 5.73 Å². The second-order valence-corrected chi connectivity index (χ2v) is 6.68. The summed E-state index contributed by atoms with van der Waals surface area (Å²) >= 11 is 0. The molecule has 0 saturated heterocycles. The van der Waals surface area contributed by atoms with E-state index in [1.54, 1.807) is 13.8 Å². The Labute approximate surface area is 96.0 Å². The molecule has 0 saturated carbocycles. The summed E-state index contributed by atoms with van der Waals surface area (Å²) in [5.41, 5.74) is 5.66. The minimum absolute atomic E-state index is 0.0264. The van der Waals surface area contributed by atoms with Gasteiger partial charge < -0.3 is 10.8 Å². The third-order valence-corrected chi connectivity index (χ3v) is 3.32. The first kappa shape index (κ1) is 13.0. The SMILES string of the molecule is CC(C)(N)Cc1c(O)cccc1S(C)(=O)=O. The van der Waals surface area contributed by atoms with Gasteiger partial charge in [0, 0.05) is 17.4 Å². The van der Waals surface area contributed by atoms with E-state index in [9.17, 15) is 13.5 Å². The molecule has 0 aliphatic carbocycles. The van der Waals surface area contributed by atoms with Crippen molar-refractivity contribution in [3.63, 3.8) is 0 Å². The second kappa shape index (κ2) is 4.07. The highest BCUT2D eigenvalue weighted by Gasteiger charge is 2.21. The van der Waals surface area contributed by atoms with Crippen molar-refractivity contribution in [3.8, 4) is 5.75 Å². The zero-order valence-corrected chi connectivity index (χ0v) is 10.5. The largest absolute Gasteiger partial charge is 0.508 e. The summed E-state index contributed by atoms with van der Waals surface area (Å²) in [5.74, 6) is -0.0264. The van der Waals surface area contributed by atoms with E-state index in [1.165, 1.54) is 18.2 Å². The molecule has 0 aliphatic heterocycles. The van der Waals surface area contributed by atoms with E-state index in [2.05, 4.69) is 0 Å². The lowest BCUT2D eigenvalue weighted by Crippen LogP contribution is -2.34. The number of nitrogens with two attached hydrogens (primary N) is 1. The van der Waals surface area contributed by atoms with Crippen molar-refractivity contribution in [2.45, 2.75) is 30.7 Å². The smallest absolute Gasteiger partial charge is 0.175 e. The first-order chi connectivity index (χ1) is 7.11. The first-order valence-electron chi connectivity index (χ1n) is 4.91. The Bertz CT molecular complexity index is 486. The molecule has 0 atom stereocenters. The third kappa shape index (κ3) is 3.21. The normalized spacial score (nSPS) is 12.8. The average molecular weight is 243 g/mol. The van der Waals surface area contributed by atoms with E-state index >= 15 is 0 Å². The fourth-order valence-electron chi connectivity index (χ4n) is 1.53. The Hall–Kier alpha value is -1.07. The predicted octanol–water partition coefficient (Wildman–Crippen LogP) is 1.08. The number of aromatic hydroxyl groups is 1. The van der Waals surface area contributed by atoms with Crippen LogP contribution in [0.2, 0.25) is 0 Å². The maximum absolute atomic E-state index is 11.5. The Kier molecular flexibility index (Phi) is 3.30. The molecule has 1 aromatic rings. The number of sulfone groups is 1. The highest BCUT2D eigenvalue weighted by molar-refractivity contribution is 7.90. The fraction of sp³-hybridized carbons (Fsp3) is 0.455. The molecule has 0 spiro atoms.